The molecule has 0 amide bonds. The van der Waals surface area contributed by atoms with Crippen molar-refractivity contribution in [3.8, 4) is 5.75 Å². The van der Waals surface area contributed by atoms with E-state index in [2.05, 4.69) is 32.9 Å². The lowest BCUT2D eigenvalue weighted by molar-refractivity contribution is -0.183. The maximum Gasteiger partial charge on any atom is 0.160 e. The van der Waals surface area contributed by atoms with Crippen LogP contribution in [0.4, 0.5) is 0 Å². The van der Waals surface area contributed by atoms with E-state index in [-0.39, 0.29) is 11.7 Å². The molecule has 0 bridgehead atoms. The Morgan fingerprint density at radius 2 is 1.74 bits per heavy atom. The van der Waals surface area contributed by atoms with Gasteiger partial charge >= 0.3 is 0 Å². The summed E-state index contributed by atoms with van der Waals surface area (Å²) in [5.41, 5.74) is 1.50. The van der Waals surface area contributed by atoms with Gasteiger partial charge in [-0.05, 0) is 29.5 Å². The zero-order valence-corrected chi connectivity index (χ0v) is 12.1. The molecule has 0 atom stereocenters. The molecule has 19 heavy (non-hydrogen) atoms. The summed E-state index contributed by atoms with van der Waals surface area (Å²) in [7, 11) is 0. The summed E-state index contributed by atoms with van der Waals surface area (Å²) in [6, 6.07) is 8.32. The predicted molar refractivity (Wildman–Crippen MR) is 75.6 cm³/mol. The number of hydrogen-bond donors (Lipinski definition) is 0. The second-order valence-corrected chi connectivity index (χ2v) is 5.94. The second-order valence-electron chi connectivity index (χ2n) is 5.94. The monoisotopic (exact) mass is 264 g/mol. The minimum atomic E-state index is -0.0948. The molecule has 2 rings (SSSR count). The van der Waals surface area contributed by atoms with Crippen LogP contribution in [0.2, 0.25) is 0 Å². The molecule has 1 aromatic rings. The SMILES string of the molecule is CC(C)(C)c1ccc(OCCC2OCCCO2)cc1. The number of benzene rings is 1. The van der Waals surface area contributed by atoms with Gasteiger partial charge in [0.15, 0.2) is 6.29 Å². The van der Waals surface area contributed by atoms with E-state index < -0.39 is 0 Å². The van der Waals surface area contributed by atoms with Gasteiger partial charge in [-0.1, -0.05) is 32.9 Å². The Bertz CT molecular complexity index is 372. The Kier molecular flexibility index (Phi) is 4.83. The van der Waals surface area contributed by atoms with E-state index in [0.29, 0.717) is 6.61 Å². The van der Waals surface area contributed by atoms with Gasteiger partial charge in [0.05, 0.1) is 19.8 Å². The number of rotatable bonds is 4. The van der Waals surface area contributed by atoms with Gasteiger partial charge in [-0.3, -0.25) is 0 Å². The van der Waals surface area contributed by atoms with Gasteiger partial charge in [0.2, 0.25) is 0 Å². The highest BCUT2D eigenvalue weighted by Crippen LogP contribution is 2.24. The molecule has 1 heterocycles. The Morgan fingerprint density at radius 1 is 1.11 bits per heavy atom. The van der Waals surface area contributed by atoms with Crippen LogP contribution in [-0.2, 0) is 14.9 Å². The van der Waals surface area contributed by atoms with E-state index >= 15 is 0 Å². The number of ether oxygens (including phenoxy) is 3. The van der Waals surface area contributed by atoms with Crippen LogP contribution in [0, 0.1) is 0 Å². The molecule has 3 heteroatoms. The van der Waals surface area contributed by atoms with Crippen LogP contribution in [0.25, 0.3) is 0 Å². The first-order valence-electron chi connectivity index (χ1n) is 7.02. The normalized spacial score (nSPS) is 17.4. The average Bonchev–Trinajstić information content (AvgIpc) is 2.39. The zero-order valence-electron chi connectivity index (χ0n) is 12.1. The van der Waals surface area contributed by atoms with E-state index in [1.165, 1.54) is 5.56 Å². The van der Waals surface area contributed by atoms with Gasteiger partial charge in [0.25, 0.3) is 0 Å². The third kappa shape index (κ3) is 4.51. The standard InChI is InChI=1S/C16H24O3/c1-16(2,3)13-5-7-14(8-6-13)17-12-9-15-18-10-4-11-19-15/h5-8,15H,4,9-12H2,1-3H3. The first kappa shape index (κ1) is 14.4. The van der Waals surface area contributed by atoms with Crippen LogP contribution < -0.4 is 4.74 Å². The molecule has 0 N–H and O–H groups in total. The summed E-state index contributed by atoms with van der Waals surface area (Å²) in [4.78, 5) is 0. The molecule has 0 unspecified atom stereocenters. The van der Waals surface area contributed by atoms with Crippen LogP contribution in [0.5, 0.6) is 5.75 Å². The maximum atomic E-state index is 5.72. The molecule has 106 valence electrons. The van der Waals surface area contributed by atoms with Crippen LogP contribution in [0.3, 0.4) is 0 Å². The minimum Gasteiger partial charge on any atom is -0.493 e. The molecule has 1 fully saturated rings. The molecule has 1 aliphatic heterocycles. The van der Waals surface area contributed by atoms with Crippen molar-refractivity contribution in [2.75, 3.05) is 19.8 Å². The highest BCUT2D eigenvalue weighted by molar-refractivity contribution is 5.31. The van der Waals surface area contributed by atoms with E-state index in [1.807, 2.05) is 12.1 Å². The third-order valence-corrected chi connectivity index (χ3v) is 3.24. The molecule has 0 spiro atoms. The molecule has 0 aromatic heterocycles. The predicted octanol–water partition coefficient (Wildman–Crippen LogP) is 3.52. The first-order chi connectivity index (χ1) is 9.05. The van der Waals surface area contributed by atoms with Crippen molar-refractivity contribution in [2.45, 2.75) is 45.3 Å². The zero-order chi connectivity index (χ0) is 13.7. The average molecular weight is 264 g/mol. The van der Waals surface area contributed by atoms with E-state index in [0.717, 1.165) is 31.8 Å². The Morgan fingerprint density at radius 3 is 2.32 bits per heavy atom. The van der Waals surface area contributed by atoms with E-state index in [9.17, 15) is 0 Å². The van der Waals surface area contributed by atoms with Gasteiger partial charge in [-0.25, -0.2) is 0 Å². The Labute approximate surface area is 115 Å². The fourth-order valence-electron chi connectivity index (χ4n) is 2.03. The molecule has 0 radical (unpaired) electrons. The van der Waals surface area contributed by atoms with Gasteiger partial charge in [-0.2, -0.15) is 0 Å². The van der Waals surface area contributed by atoms with E-state index in [4.69, 9.17) is 14.2 Å². The van der Waals surface area contributed by atoms with Crippen molar-refractivity contribution in [3.63, 3.8) is 0 Å². The Balaban J connectivity index is 1.76. The largest absolute Gasteiger partial charge is 0.493 e. The summed E-state index contributed by atoms with van der Waals surface area (Å²) >= 11 is 0. The van der Waals surface area contributed by atoms with Crippen LogP contribution in [-0.4, -0.2) is 26.1 Å². The van der Waals surface area contributed by atoms with Gasteiger partial charge in [0, 0.05) is 6.42 Å². The highest BCUT2D eigenvalue weighted by atomic mass is 16.7. The van der Waals surface area contributed by atoms with Crippen LogP contribution in [0.1, 0.15) is 39.2 Å². The van der Waals surface area contributed by atoms with Crippen LogP contribution in [0.15, 0.2) is 24.3 Å². The van der Waals surface area contributed by atoms with Crippen molar-refractivity contribution in [1.29, 1.82) is 0 Å². The smallest absolute Gasteiger partial charge is 0.160 e. The van der Waals surface area contributed by atoms with Crippen molar-refractivity contribution in [3.05, 3.63) is 29.8 Å². The van der Waals surface area contributed by atoms with Crippen molar-refractivity contribution < 1.29 is 14.2 Å². The molecule has 1 saturated heterocycles. The first-order valence-corrected chi connectivity index (χ1v) is 7.02. The summed E-state index contributed by atoms with van der Waals surface area (Å²) in [5, 5.41) is 0. The molecule has 1 aliphatic rings. The maximum absolute atomic E-state index is 5.72. The minimum absolute atomic E-state index is 0.0948. The molecule has 0 aliphatic carbocycles. The van der Waals surface area contributed by atoms with Crippen molar-refractivity contribution in [1.82, 2.24) is 0 Å². The summed E-state index contributed by atoms with van der Waals surface area (Å²) < 4.78 is 16.7. The Hall–Kier alpha value is -1.06. The second kappa shape index (κ2) is 6.40. The van der Waals surface area contributed by atoms with Gasteiger partial charge < -0.3 is 14.2 Å². The molecular weight excluding hydrogens is 240 g/mol. The number of hydrogen-bond acceptors (Lipinski definition) is 3. The highest BCUT2D eigenvalue weighted by Gasteiger charge is 2.15. The molecular formula is C16H24O3. The van der Waals surface area contributed by atoms with Gasteiger partial charge in [0.1, 0.15) is 5.75 Å². The summed E-state index contributed by atoms with van der Waals surface area (Å²) in [5.74, 6) is 0.906. The topological polar surface area (TPSA) is 27.7 Å². The molecule has 3 nitrogen and oxygen atoms in total. The lowest BCUT2D eigenvalue weighted by Crippen LogP contribution is -2.26. The quantitative estimate of drug-likeness (QED) is 0.833. The van der Waals surface area contributed by atoms with Crippen LogP contribution >= 0.6 is 0 Å². The van der Waals surface area contributed by atoms with Gasteiger partial charge in [-0.15, -0.1) is 0 Å². The fourth-order valence-corrected chi connectivity index (χ4v) is 2.03. The molecule has 1 aromatic carbocycles. The third-order valence-electron chi connectivity index (χ3n) is 3.24. The summed E-state index contributed by atoms with van der Waals surface area (Å²) in [6.45, 7) is 8.84. The van der Waals surface area contributed by atoms with Crippen molar-refractivity contribution in [2.24, 2.45) is 0 Å². The lowest BCUT2D eigenvalue weighted by atomic mass is 9.87. The lowest BCUT2D eigenvalue weighted by Gasteiger charge is -2.23. The molecule has 0 saturated carbocycles. The van der Waals surface area contributed by atoms with E-state index in [1.54, 1.807) is 0 Å². The fraction of sp³-hybridized carbons (Fsp3) is 0.625. The van der Waals surface area contributed by atoms with Crippen molar-refractivity contribution >= 4 is 0 Å². The summed E-state index contributed by atoms with van der Waals surface area (Å²) in [6.07, 6.45) is 1.68.